The number of benzene rings is 1. The highest BCUT2D eigenvalue weighted by Gasteiger charge is 2.13. The normalized spacial score (nSPS) is 11.3. The molecule has 0 aliphatic rings. The van der Waals surface area contributed by atoms with E-state index in [0.29, 0.717) is 12.5 Å². The molecule has 0 amide bonds. The van der Waals surface area contributed by atoms with E-state index in [9.17, 15) is 13.0 Å². The van der Waals surface area contributed by atoms with Gasteiger partial charge in [-0.05, 0) is 30.5 Å². The van der Waals surface area contributed by atoms with Gasteiger partial charge in [0.15, 0.2) is 0 Å². The van der Waals surface area contributed by atoms with E-state index in [1.807, 2.05) is 19.9 Å². The molecule has 4 nitrogen and oxygen atoms in total. The smallest absolute Gasteiger partial charge is 0.294 e. The molecule has 3 N–H and O–H groups in total. The van der Waals surface area contributed by atoms with Gasteiger partial charge in [0.25, 0.3) is 10.1 Å². The summed E-state index contributed by atoms with van der Waals surface area (Å²) in [5.74, 6) is 0. The molecule has 5 heteroatoms. The van der Waals surface area contributed by atoms with E-state index in [-0.39, 0.29) is 4.90 Å². The van der Waals surface area contributed by atoms with Gasteiger partial charge < -0.3 is 5.73 Å². The van der Waals surface area contributed by atoms with Crippen molar-refractivity contribution in [3.05, 3.63) is 29.8 Å². The summed E-state index contributed by atoms with van der Waals surface area (Å²) in [7, 11) is -4.10. The average Bonchev–Trinajstić information content (AvgIpc) is 2.59. The van der Waals surface area contributed by atoms with Gasteiger partial charge in [0.2, 0.25) is 0 Å². The molecule has 0 saturated carbocycles. The molecular weight excluding hydrogens is 358 g/mol. The second kappa shape index (κ2) is 16.1. The first-order valence-electron chi connectivity index (χ1n) is 10.6. The molecule has 0 fully saturated rings. The number of hydrogen-bond acceptors (Lipinski definition) is 3. The first kappa shape index (κ1) is 26.1. The van der Waals surface area contributed by atoms with Crippen molar-refractivity contribution in [3.8, 4) is 0 Å². The summed E-state index contributed by atoms with van der Waals surface area (Å²) < 4.78 is 31.8. The van der Waals surface area contributed by atoms with E-state index in [1.54, 1.807) is 12.1 Å². The maximum atomic E-state index is 11.3. The molecule has 0 heterocycles. The molecule has 0 radical (unpaired) electrons. The van der Waals surface area contributed by atoms with Crippen molar-refractivity contribution in [1.29, 1.82) is 0 Å². The number of aryl methyl sites for hydroxylation is 1. The summed E-state index contributed by atoms with van der Waals surface area (Å²) in [6.45, 7) is 6.13. The van der Waals surface area contributed by atoms with Gasteiger partial charge in [-0.25, -0.2) is 0 Å². The Bertz CT molecular complexity index is 568. The SMILES string of the molecule is CC(C)N.CCCCCCCCCCCCCc1ccccc1S(=O)(=O)O. The Hall–Kier alpha value is -0.910. The molecule has 158 valence electrons. The third kappa shape index (κ3) is 15.8. The molecule has 0 aliphatic carbocycles. The standard InChI is InChI=1S/C19H32O3S.C3H9N/c1-2-3-4-5-6-7-8-9-10-11-12-15-18-16-13-14-17-19(18)23(20,21)22;1-3(2)4/h13-14,16-17H,2-12,15H2,1H3,(H,20,21,22);3H,4H2,1-2H3. The number of hydrogen-bond donors (Lipinski definition) is 2. The van der Waals surface area contributed by atoms with Gasteiger partial charge in [0.05, 0.1) is 4.90 Å². The molecule has 0 unspecified atom stereocenters. The molecule has 0 atom stereocenters. The Kier molecular flexibility index (Phi) is 15.5. The number of unbranched alkanes of at least 4 members (excludes halogenated alkanes) is 10. The van der Waals surface area contributed by atoms with Gasteiger partial charge >= 0.3 is 0 Å². The number of nitrogens with two attached hydrogens (primary N) is 1. The van der Waals surface area contributed by atoms with Crippen LogP contribution in [0.1, 0.15) is 97.0 Å². The van der Waals surface area contributed by atoms with Crippen molar-refractivity contribution in [2.24, 2.45) is 5.73 Å². The van der Waals surface area contributed by atoms with Crippen LogP contribution in [-0.4, -0.2) is 19.0 Å². The van der Waals surface area contributed by atoms with Crippen LogP contribution < -0.4 is 5.73 Å². The zero-order valence-electron chi connectivity index (χ0n) is 17.6. The Morgan fingerprint density at radius 1 is 0.852 bits per heavy atom. The van der Waals surface area contributed by atoms with E-state index >= 15 is 0 Å². The van der Waals surface area contributed by atoms with E-state index in [4.69, 9.17) is 5.73 Å². The van der Waals surface area contributed by atoms with Crippen LogP contribution in [0.4, 0.5) is 0 Å². The minimum atomic E-state index is -4.10. The topological polar surface area (TPSA) is 80.4 Å². The maximum Gasteiger partial charge on any atom is 0.294 e. The van der Waals surface area contributed by atoms with Crippen LogP contribution in [0.3, 0.4) is 0 Å². The third-order valence-corrected chi connectivity index (χ3v) is 5.25. The summed E-state index contributed by atoms with van der Waals surface area (Å²) >= 11 is 0. The lowest BCUT2D eigenvalue weighted by Crippen LogP contribution is -2.06. The molecular formula is C22H41NO3S. The lowest BCUT2D eigenvalue weighted by atomic mass is 10.0. The predicted octanol–water partition coefficient (Wildman–Crippen LogP) is 6.14. The van der Waals surface area contributed by atoms with Gasteiger partial charge in [-0.15, -0.1) is 0 Å². The van der Waals surface area contributed by atoms with Crippen LogP contribution >= 0.6 is 0 Å². The molecule has 0 saturated heterocycles. The minimum absolute atomic E-state index is 0.0621. The van der Waals surface area contributed by atoms with Crippen LogP contribution in [0.5, 0.6) is 0 Å². The molecule has 1 aromatic carbocycles. The molecule has 0 spiro atoms. The summed E-state index contributed by atoms with van der Waals surface area (Å²) in [4.78, 5) is 0.0621. The second-order valence-electron chi connectivity index (χ2n) is 7.61. The van der Waals surface area contributed by atoms with Crippen molar-refractivity contribution >= 4 is 10.1 Å². The summed E-state index contributed by atoms with van der Waals surface area (Å²) in [5.41, 5.74) is 5.84. The van der Waals surface area contributed by atoms with Crippen LogP contribution in [0.2, 0.25) is 0 Å². The highest BCUT2D eigenvalue weighted by molar-refractivity contribution is 7.85. The first-order chi connectivity index (χ1) is 12.8. The van der Waals surface area contributed by atoms with Gasteiger partial charge in [-0.1, -0.05) is 103 Å². The highest BCUT2D eigenvalue weighted by atomic mass is 32.2. The largest absolute Gasteiger partial charge is 0.328 e. The second-order valence-corrected chi connectivity index (χ2v) is 9.00. The fraction of sp³-hybridized carbons (Fsp3) is 0.727. The quantitative estimate of drug-likeness (QED) is 0.308. The van der Waals surface area contributed by atoms with Crippen LogP contribution in [0, 0.1) is 0 Å². The zero-order chi connectivity index (χ0) is 20.5. The van der Waals surface area contributed by atoms with Crippen molar-refractivity contribution < 1.29 is 13.0 Å². The Morgan fingerprint density at radius 2 is 1.26 bits per heavy atom. The van der Waals surface area contributed by atoms with Crippen molar-refractivity contribution in [1.82, 2.24) is 0 Å². The summed E-state index contributed by atoms with van der Waals surface area (Å²) in [5, 5.41) is 0. The van der Waals surface area contributed by atoms with Gasteiger partial charge in [0, 0.05) is 0 Å². The van der Waals surface area contributed by atoms with E-state index in [1.165, 1.54) is 63.9 Å². The highest BCUT2D eigenvalue weighted by Crippen LogP contribution is 2.18. The zero-order valence-corrected chi connectivity index (χ0v) is 18.4. The first-order valence-corrected chi connectivity index (χ1v) is 12.0. The van der Waals surface area contributed by atoms with Gasteiger partial charge in [0.1, 0.15) is 0 Å². The van der Waals surface area contributed by atoms with Crippen LogP contribution in [0.15, 0.2) is 29.2 Å². The molecule has 0 aliphatic heterocycles. The molecule has 1 rings (SSSR count). The fourth-order valence-corrected chi connectivity index (χ4v) is 3.69. The summed E-state index contributed by atoms with van der Waals surface area (Å²) in [6, 6.07) is 7.07. The van der Waals surface area contributed by atoms with Crippen LogP contribution in [-0.2, 0) is 16.5 Å². The Labute approximate surface area is 167 Å². The van der Waals surface area contributed by atoms with E-state index in [0.717, 1.165) is 18.4 Å². The lowest BCUT2D eigenvalue weighted by Gasteiger charge is -2.07. The molecule has 0 aromatic heterocycles. The van der Waals surface area contributed by atoms with Crippen molar-refractivity contribution in [2.45, 2.75) is 109 Å². The van der Waals surface area contributed by atoms with Gasteiger partial charge in [-0.2, -0.15) is 8.42 Å². The lowest BCUT2D eigenvalue weighted by molar-refractivity contribution is 0.481. The predicted molar refractivity (Wildman–Crippen MR) is 116 cm³/mol. The maximum absolute atomic E-state index is 11.3. The minimum Gasteiger partial charge on any atom is -0.328 e. The Morgan fingerprint density at radius 3 is 1.70 bits per heavy atom. The molecule has 1 aromatic rings. The molecule has 0 bridgehead atoms. The van der Waals surface area contributed by atoms with E-state index in [2.05, 4.69) is 6.92 Å². The Balaban J connectivity index is 0.00000153. The monoisotopic (exact) mass is 399 g/mol. The van der Waals surface area contributed by atoms with Gasteiger partial charge in [-0.3, -0.25) is 4.55 Å². The average molecular weight is 400 g/mol. The van der Waals surface area contributed by atoms with E-state index < -0.39 is 10.1 Å². The summed E-state index contributed by atoms with van der Waals surface area (Å²) in [6.07, 6.45) is 14.7. The number of rotatable bonds is 13. The van der Waals surface area contributed by atoms with Crippen molar-refractivity contribution in [2.75, 3.05) is 0 Å². The van der Waals surface area contributed by atoms with Crippen LogP contribution in [0.25, 0.3) is 0 Å². The van der Waals surface area contributed by atoms with Crippen molar-refractivity contribution in [3.63, 3.8) is 0 Å². The third-order valence-electron chi connectivity index (χ3n) is 4.30. The fourth-order valence-electron chi connectivity index (χ4n) is 2.94. The molecule has 27 heavy (non-hydrogen) atoms.